The molecule has 2 amide bonds. The first-order valence-corrected chi connectivity index (χ1v) is 11.6. The highest BCUT2D eigenvalue weighted by atomic mass is 32.1. The fourth-order valence-electron chi connectivity index (χ4n) is 3.83. The zero-order valence-electron chi connectivity index (χ0n) is 16.4. The third-order valence-corrected chi connectivity index (χ3v) is 8.52. The summed E-state index contributed by atoms with van der Waals surface area (Å²) in [4.78, 5) is 36.3. The number of hydrogen-bond acceptors (Lipinski definition) is 5. The quantitative estimate of drug-likeness (QED) is 0.562. The second-order valence-corrected chi connectivity index (χ2v) is 10.8. The molecule has 146 valence electrons. The Kier molecular flexibility index (Phi) is 4.17. The van der Waals surface area contributed by atoms with Gasteiger partial charge in [-0.25, -0.2) is 0 Å². The smallest absolute Gasteiger partial charge is 0.261 e. The van der Waals surface area contributed by atoms with Crippen molar-refractivity contribution in [2.45, 2.75) is 13.8 Å². The largest absolute Gasteiger partial charge is 0.309 e. The Morgan fingerprint density at radius 2 is 0.966 bits per heavy atom. The number of aryl methyl sites for hydroxylation is 2. The molecule has 0 radical (unpaired) electrons. The molecule has 0 bridgehead atoms. The number of likely N-dealkylation sites (N-methyl/N-ethyl adjacent to an activating group) is 2. The lowest BCUT2D eigenvalue weighted by Crippen LogP contribution is -2.24. The third-order valence-electron chi connectivity index (χ3n) is 5.23. The lowest BCUT2D eigenvalue weighted by Gasteiger charge is -2.18. The summed E-state index contributed by atoms with van der Waals surface area (Å²) < 4.78 is 0. The Hall–Kier alpha value is -2.48. The molecule has 0 fully saturated rings. The molecule has 0 aromatic carbocycles. The summed E-state index contributed by atoms with van der Waals surface area (Å²) in [6.45, 7) is 4.12. The van der Waals surface area contributed by atoms with E-state index < -0.39 is 0 Å². The molecule has 0 spiro atoms. The Bertz CT molecular complexity index is 1250. The van der Waals surface area contributed by atoms with Gasteiger partial charge in [-0.2, -0.15) is 0 Å². The predicted octanol–water partition coefficient (Wildman–Crippen LogP) is 5.22. The number of hydrogen-bond donors (Lipinski definition) is 0. The molecule has 2 aliphatic heterocycles. The molecule has 4 nitrogen and oxygen atoms in total. The molecule has 5 rings (SSSR count). The van der Waals surface area contributed by atoms with Gasteiger partial charge in [0.15, 0.2) is 0 Å². The van der Waals surface area contributed by atoms with Crippen LogP contribution in [-0.2, 0) is 9.59 Å². The summed E-state index contributed by atoms with van der Waals surface area (Å²) in [5.41, 5.74) is 2.49. The molecule has 7 heteroatoms. The first-order valence-electron chi connectivity index (χ1n) is 9.15. The average molecular weight is 439 g/mol. The van der Waals surface area contributed by atoms with Gasteiger partial charge in [-0.1, -0.05) is 0 Å². The van der Waals surface area contributed by atoms with E-state index in [4.69, 9.17) is 0 Å². The minimum atomic E-state index is -0.115. The van der Waals surface area contributed by atoms with E-state index in [1.54, 1.807) is 57.9 Å². The van der Waals surface area contributed by atoms with E-state index in [0.29, 0.717) is 11.1 Å². The van der Waals surface area contributed by atoms with Crippen molar-refractivity contribution in [1.29, 1.82) is 0 Å². The van der Waals surface area contributed by atoms with Gasteiger partial charge >= 0.3 is 0 Å². The Labute approximate surface area is 181 Å². The number of thiophene rings is 3. The standard InChI is InChI=1S/C22H18N2O2S3/c1-11-5-7-13(27-11)14-9-10-16(29-14)20-18-17(21(25)24(20)4)19(23(3)22(18)26)15-8-6-12(2)28-15/h5-10H,1-4H3. The zero-order valence-corrected chi connectivity index (χ0v) is 18.8. The summed E-state index contributed by atoms with van der Waals surface area (Å²) >= 11 is 4.98. The van der Waals surface area contributed by atoms with Crippen molar-refractivity contribution in [3.63, 3.8) is 0 Å². The molecule has 2 aliphatic rings. The average Bonchev–Trinajstić information content (AvgIpc) is 3.48. The molecule has 0 unspecified atom stereocenters. The van der Waals surface area contributed by atoms with Gasteiger partial charge in [0.05, 0.1) is 32.3 Å². The summed E-state index contributed by atoms with van der Waals surface area (Å²) in [7, 11) is 3.51. The summed E-state index contributed by atoms with van der Waals surface area (Å²) in [6, 6.07) is 12.3. The number of rotatable bonds is 3. The summed E-state index contributed by atoms with van der Waals surface area (Å²) in [5, 5.41) is 0. The monoisotopic (exact) mass is 438 g/mol. The van der Waals surface area contributed by atoms with Gasteiger partial charge in [-0.05, 0) is 50.2 Å². The van der Waals surface area contributed by atoms with Crippen LogP contribution in [0, 0.1) is 13.8 Å². The van der Waals surface area contributed by atoms with E-state index in [9.17, 15) is 9.59 Å². The summed E-state index contributed by atoms with van der Waals surface area (Å²) in [5.74, 6) is -0.230. The van der Waals surface area contributed by atoms with Crippen molar-refractivity contribution in [3.8, 4) is 9.75 Å². The van der Waals surface area contributed by atoms with Crippen LogP contribution < -0.4 is 0 Å². The molecule has 5 heterocycles. The number of fused-ring (bicyclic) bond motifs is 1. The maximum atomic E-state index is 13.2. The van der Waals surface area contributed by atoms with Gasteiger partial charge in [-0.15, -0.1) is 34.0 Å². The van der Waals surface area contributed by atoms with E-state index in [2.05, 4.69) is 25.1 Å². The second-order valence-electron chi connectivity index (χ2n) is 7.16. The maximum Gasteiger partial charge on any atom is 0.261 e. The molecular weight excluding hydrogens is 420 g/mol. The Morgan fingerprint density at radius 3 is 1.45 bits per heavy atom. The molecule has 3 aromatic rings. The highest BCUT2D eigenvalue weighted by Crippen LogP contribution is 2.48. The van der Waals surface area contributed by atoms with Gasteiger partial charge in [0, 0.05) is 33.6 Å². The van der Waals surface area contributed by atoms with E-state index >= 15 is 0 Å². The van der Waals surface area contributed by atoms with Gasteiger partial charge in [-0.3, -0.25) is 9.59 Å². The minimum absolute atomic E-state index is 0.115. The number of nitrogens with zero attached hydrogens (tertiary/aromatic N) is 2. The van der Waals surface area contributed by atoms with Crippen LogP contribution in [0.5, 0.6) is 0 Å². The number of amides is 2. The number of carbonyl (C=O) groups is 2. The van der Waals surface area contributed by atoms with Crippen molar-refractivity contribution >= 4 is 57.2 Å². The van der Waals surface area contributed by atoms with Crippen LogP contribution in [0.15, 0.2) is 47.5 Å². The van der Waals surface area contributed by atoms with E-state index in [0.717, 1.165) is 30.9 Å². The minimum Gasteiger partial charge on any atom is -0.309 e. The number of carbonyl (C=O) groups excluding carboxylic acids is 2. The first kappa shape index (κ1) is 18.5. The van der Waals surface area contributed by atoms with Crippen LogP contribution in [-0.4, -0.2) is 35.7 Å². The molecule has 0 saturated carbocycles. The van der Waals surface area contributed by atoms with Crippen LogP contribution in [0.3, 0.4) is 0 Å². The van der Waals surface area contributed by atoms with Crippen molar-refractivity contribution in [2.24, 2.45) is 0 Å². The molecule has 0 atom stereocenters. The third kappa shape index (κ3) is 2.68. The molecule has 3 aromatic heterocycles. The predicted molar refractivity (Wildman–Crippen MR) is 121 cm³/mol. The van der Waals surface area contributed by atoms with Gasteiger partial charge in [0.1, 0.15) is 0 Å². The lowest BCUT2D eigenvalue weighted by atomic mass is 10.1. The molecular formula is C22H18N2O2S3. The molecule has 0 N–H and O–H groups in total. The van der Waals surface area contributed by atoms with Crippen molar-refractivity contribution in [1.82, 2.24) is 9.80 Å². The zero-order chi connectivity index (χ0) is 20.4. The molecule has 29 heavy (non-hydrogen) atoms. The van der Waals surface area contributed by atoms with E-state index in [1.165, 1.54) is 9.75 Å². The van der Waals surface area contributed by atoms with Gasteiger partial charge in [0.25, 0.3) is 11.8 Å². The van der Waals surface area contributed by atoms with E-state index in [1.807, 2.05) is 25.1 Å². The SMILES string of the molecule is Cc1ccc(C2=C3C(=O)N(C)C(c4ccc(-c5ccc(C)s5)s4)=C3C(=O)N2C)s1. The van der Waals surface area contributed by atoms with Crippen LogP contribution in [0.25, 0.3) is 21.1 Å². The fraction of sp³-hybridized carbons (Fsp3) is 0.182. The van der Waals surface area contributed by atoms with Crippen molar-refractivity contribution in [2.75, 3.05) is 14.1 Å². The van der Waals surface area contributed by atoms with Gasteiger partial charge in [0.2, 0.25) is 0 Å². The fourth-order valence-corrected chi connectivity index (χ4v) is 6.84. The van der Waals surface area contributed by atoms with Crippen molar-refractivity contribution in [3.05, 3.63) is 67.1 Å². The highest BCUT2D eigenvalue weighted by molar-refractivity contribution is 7.22. The van der Waals surface area contributed by atoms with Crippen LogP contribution in [0.2, 0.25) is 0 Å². The van der Waals surface area contributed by atoms with E-state index in [-0.39, 0.29) is 11.8 Å². The first-order chi connectivity index (χ1) is 13.9. The lowest BCUT2D eigenvalue weighted by molar-refractivity contribution is -0.123. The van der Waals surface area contributed by atoms with Crippen molar-refractivity contribution < 1.29 is 9.59 Å². The molecule has 0 aliphatic carbocycles. The second kappa shape index (κ2) is 6.52. The maximum absolute atomic E-state index is 13.2. The summed E-state index contributed by atoms with van der Waals surface area (Å²) in [6.07, 6.45) is 0. The topological polar surface area (TPSA) is 40.6 Å². The Balaban J connectivity index is 1.68. The van der Waals surface area contributed by atoms with Crippen LogP contribution in [0.1, 0.15) is 19.5 Å². The normalized spacial score (nSPS) is 16.7. The van der Waals surface area contributed by atoms with Crippen LogP contribution >= 0.6 is 34.0 Å². The van der Waals surface area contributed by atoms with Gasteiger partial charge < -0.3 is 9.80 Å². The molecule has 0 saturated heterocycles. The Morgan fingerprint density at radius 1 is 0.586 bits per heavy atom. The highest BCUT2D eigenvalue weighted by Gasteiger charge is 2.47. The van der Waals surface area contributed by atoms with Crippen LogP contribution in [0.4, 0.5) is 0 Å².